The molecule has 0 bridgehead atoms. The van der Waals surface area contributed by atoms with Crippen LogP contribution in [0.3, 0.4) is 0 Å². The summed E-state index contributed by atoms with van der Waals surface area (Å²) >= 11 is 0. The lowest BCUT2D eigenvalue weighted by Crippen LogP contribution is -2.30. The molecule has 30 heavy (non-hydrogen) atoms. The molecule has 0 atom stereocenters. The minimum absolute atomic E-state index is 0.113. The first-order chi connectivity index (χ1) is 14.4. The number of rotatable bonds is 12. The fourth-order valence-electron chi connectivity index (χ4n) is 3.12. The van der Waals surface area contributed by atoms with Crippen molar-refractivity contribution in [3.05, 3.63) is 58.6 Å². The monoisotopic (exact) mass is 433 g/mol. The number of nitro benzene ring substituents is 1. The van der Waals surface area contributed by atoms with Crippen LogP contribution >= 0.6 is 0 Å². The van der Waals surface area contributed by atoms with Gasteiger partial charge in [-0.05, 0) is 56.4 Å². The maximum absolute atomic E-state index is 13.1. The van der Waals surface area contributed by atoms with Crippen LogP contribution in [0.25, 0.3) is 0 Å². The van der Waals surface area contributed by atoms with Gasteiger partial charge in [0.2, 0.25) is 0 Å². The first-order valence-electron chi connectivity index (χ1n) is 10.1. The highest BCUT2D eigenvalue weighted by molar-refractivity contribution is 7.92. The smallest absolute Gasteiger partial charge is 0.293 e. The molecule has 0 aromatic heterocycles. The van der Waals surface area contributed by atoms with Crippen molar-refractivity contribution in [3.63, 3.8) is 0 Å². The Morgan fingerprint density at radius 1 is 1.20 bits per heavy atom. The van der Waals surface area contributed by atoms with E-state index in [9.17, 15) is 18.5 Å². The Morgan fingerprint density at radius 2 is 1.93 bits per heavy atom. The van der Waals surface area contributed by atoms with Crippen molar-refractivity contribution < 1.29 is 18.1 Å². The van der Waals surface area contributed by atoms with Crippen molar-refractivity contribution >= 4 is 27.1 Å². The van der Waals surface area contributed by atoms with Crippen LogP contribution in [0.2, 0.25) is 0 Å². The predicted octanol–water partition coefficient (Wildman–Crippen LogP) is 4.04. The average Bonchev–Trinajstić information content (AvgIpc) is 3.56. The lowest BCUT2D eigenvalue weighted by atomic mass is 10.2. The van der Waals surface area contributed by atoms with Crippen LogP contribution in [0.5, 0.6) is 0 Å². The molecule has 0 amide bonds. The van der Waals surface area contributed by atoms with Gasteiger partial charge in [-0.25, -0.2) is 8.42 Å². The third kappa shape index (κ3) is 5.48. The lowest BCUT2D eigenvalue weighted by Gasteiger charge is -2.23. The highest BCUT2D eigenvalue weighted by atomic mass is 32.2. The van der Waals surface area contributed by atoms with Crippen molar-refractivity contribution in [2.75, 3.05) is 35.9 Å². The van der Waals surface area contributed by atoms with Gasteiger partial charge in [0.15, 0.2) is 0 Å². The molecule has 0 aliphatic heterocycles. The third-order valence-corrected chi connectivity index (χ3v) is 6.82. The van der Waals surface area contributed by atoms with Crippen molar-refractivity contribution in [2.45, 2.75) is 31.1 Å². The largest absolute Gasteiger partial charge is 0.381 e. The maximum atomic E-state index is 13.1. The molecule has 3 rings (SSSR count). The second kappa shape index (κ2) is 9.90. The highest BCUT2D eigenvalue weighted by Gasteiger charge is 2.27. The zero-order valence-corrected chi connectivity index (χ0v) is 17.8. The molecule has 0 saturated heterocycles. The Morgan fingerprint density at radius 3 is 2.57 bits per heavy atom. The van der Waals surface area contributed by atoms with Gasteiger partial charge in [0.25, 0.3) is 15.7 Å². The summed E-state index contributed by atoms with van der Waals surface area (Å²) in [6, 6.07) is 12.6. The van der Waals surface area contributed by atoms with Crippen LogP contribution in [0, 0.1) is 16.0 Å². The van der Waals surface area contributed by atoms with Gasteiger partial charge in [-0.1, -0.05) is 18.2 Å². The van der Waals surface area contributed by atoms with Crippen molar-refractivity contribution in [1.82, 2.24) is 0 Å². The normalized spacial score (nSPS) is 13.8. The molecule has 0 radical (unpaired) electrons. The molecular formula is C21H27N3O5S. The first kappa shape index (κ1) is 22.0. The van der Waals surface area contributed by atoms with Gasteiger partial charge in [-0.3, -0.25) is 14.4 Å². The zero-order chi connectivity index (χ0) is 21.6. The van der Waals surface area contributed by atoms with Gasteiger partial charge in [0, 0.05) is 32.4 Å². The van der Waals surface area contributed by atoms with Crippen molar-refractivity contribution in [3.8, 4) is 0 Å². The Labute approximate surface area is 177 Å². The topological polar surface area (TPSA) is 102 Å². The fraction of sp³-hybridized carbons (Fsp3) is 0.429. The van der Waals surface area contributed by atoms with Crippen LogP contribution in [-0.2, 0) is 14.8 Å². The second-order valence-corrected chi connectivity index (χ2v) is 9.10. The zero-order valence-electron chi connectivity index (χ0n) is 17.0. The first-order valence-corrected chi connectivity index (χ1v) is 11.6. The van der Waals surface area contributed by atoms with Crippen molar-refractivity contribution in [1.29, 1.82) is 0 Å². The van der Waals surface area contributed by atoms with Gasteiger partial charge < -0.3 is 10.1 Å². The number of hydrogen-bond acceptors (Lipinski definition) is 6. The Hall–Kier alpha value is -2.65. The number of sulfonamides is 1. The van der Waals surface area contributed by atoms with E-state index >= 15 is 0 Å². The van der Waals surface area contributed by atoms with E-state index in [1.54, 1.807) is 37.3 Å². The number of ether oxygens (including phenoxy) is 1. The SMILES string of the molecule is CCN(c1ccccc1)S(=O)(=O)c1ccc(NCCCOCC2CC2)c([N+](=O)[O-])c1. The summed E-state index contributed by atoms with van der Waals surface area (Å²) in [5, 5.41) is 14.6. The van der Waals surface area contributed by atoms with E-state index in [-0.39, 0.29) is 17.1 Å². The van der Waals surface area contributed by atoms with E-state index < -0.39 is 14.9 Å². The molecule has 2 aromatic rings. The minimum atomic E-state index is -3.93. The van der Waals surface area contributed by atoms with Gasteiger partial charge in [-0.15, -0.1) is 0 Å². The van der Waals surface area contributed by atoms with Crippen LogP contribution < -0.4 is 9.62 Å². The van der Waals surface area contributed by atoms with E-state index in [1.807, 2.05) is 0 Å². The van der Waals surface area contributed by atoms with E-state index in [4.69, 9.17) is 4.74 Å². The molecular weight excluding hydrogens is 406 g/mol. The molecule has 8 nitrogen and oxygen atoms in total. The van der Waals surface area contributed by atoms with Gasteiger partial charge in [0.05, 0.1) is 15.5 Å². The number of benzene rings is 2. The summed E-state index contributed by atoms with van der Waals surface area (Å²) in [5.74, 6) is 0.701. The van der Waals surface area contributed by atoms with Crippen LogP contribution in [0.1, 0.15) is 26.2 Å². The summed E-state index contributed by atoms with van der Waals surface area (Å²) in [6.07, 6.45) is 3.18. The summed E-state index contributed by atoms with van der Waals surface area (Å²) < 4.78 is 33.0. The lowest BCUT2D eigenvalue weighted by molar-refractivity contribution is -0.384. The maximum Gasteiger partial charge on any atom is 0.293 e. The quantitative estimate of drug-likeness (QED) is 0.308. The number of hydrogen-bond donors (Lipinski definition) is 1. The number of nitrogens with zero attached hydrogens (tertiary/aromatic N) is 2. The predicted molar refractivity (Wildman–Crippen MR) is 116 cm³/mol. The van der Waals surface area contributed by atoms with Gasteiger partial charge >= 0.3 is 0 Å². The van der Waals surface area contributed by atoms with E-state index in [2.05, 4.69) is 5.32 Å². The molecule has 1 saturated carbocycles. The van der Waals surface area contributed by atoms with Gasteiger partial charge in [-0.2, -0.15) is 0 Å². The molecule has 162 valence electrons. The molecule has 1 fully saturated rings. The molecule has 0 heterocycles. The molecule has 0 unspecified atom stereocenters. The molecule has 0 spiro atoms. The molecule has 9 heteroatoms. The van der Waals surface area contributed by atoms with Crippen LogP contribution in [0.4, 0.5) is 17.1 Å². The van der Waals surface area contributed by atoms with E-state index in [0.717, 1.165) is 12.7 Å². The van der Waals surface area contributed by atoms with Crippen LogP contribution in [0.15, 0.2) is 53.4 Å². The Kier molecular flexibility index (Phi) is 7.28. The summed E-state index contributed by atoms with van der Waals surface area (Å²) in [7, 11) is -3.93. The van der Waals surface area contributed by atoms with Crippen molar-refractivity contribution in [2.24, 2.45) is 5.92 Å². The Balaban J connectivity index is 1.72. The number of anilines is 2. The minimum Gasteiger partial charge on any atom is -0.381 e. The molecule has 1 aliphatic rings. The van der Waals surface area contributed by atoms with E-state index in [0.29, 0.717) is 36.9 Å². The van der Waals surface area contributed by atoms with Crippen LogP contribution in [-0.4, -0.2) is 39.6 Å². The number of nitro groups is 1. The molecule has 2 aromatic carbocycles. The standard InChI is InChI=1S/C21H27N3O5S/c1-2-23(18-7-4-3-5-8-18)30(27,28)19-11-12-20(21(15-19)24(25)26)22-13-6-14-29-16-17-9-10-17/h3-5,7-8,11-12,15,17,22H,2,6,9-10,13-14,16H2,1H3. The molecule has 1 N–H and O–H groups in total. The number of nitrogens with one attached hydrogen (secondary N) is 1. The summed E-state index contributed by atoms with van der Waals surface area (Å²) in [5.41, 5.74) is 0.541. The fourth-order valence-corrected chi connectivity index (χ4v) is 4.61. The third-order valence-electron chi connectivity index (χ3n) is 4.92. The average molecular weight is 434 g/mol. The number of para-hydroxylation sites is 1. The highest BCUT2D eigenvalue weighted by Crippen LogP contribution is 2.31. The second-order valence-electron chi connectivity index (χ2n) is 7.24. The Bertz CT molecular complexity index is 962. The summed E-state index contributed by atoms with van der Waals surface area (Å²) in [4.78, 5) is 10.9. The van der Waals surface area contributed by atoms with Gasteiger partial charge in [0.1, 0.15) is 5.69 Å². The summed E-state index contributed by atoms with van der Waals surface area (Å²) in [6.45, 7) is 3.80. The van der Waals surface area contributed by atoms with E-state index in [1.165, 1.54) is 29.3 Å². The molecule has 1 aliphatic carbocycles.